The molecule has 0 aliphatic carbocycles. The summed E-state index contributed by atoms with van der Waals surface area (Å²) in [6, 6.07) is 0. The van der Waals surface area contributed by atoms with Crippen molar-refractivity contribution in [1.29, 1.82) is 0 Å². The Balaban J connectivity index is 2.62. The molecular weight excluding hydrogens is 250 g/mol. The zero-order valence-electron chi connectivity index (χ0n) is 11.8. The lowest BCUT2D eigenvalue weighted by Gasteiger charge is -2.17. The molecule has 1 aromatic heterocycles. The molecule has 6 heteroatoms. The van der Waals surface area contributed by atoms with Crippen LogP contribution in [0.5, 0.6) is 0 Å². The van der Waals surface area contributed by atoms with E-state index in [0.717, 1.165) is 12.8 Å². The lowest BCUT2D eigenvalue weighted by molar-refractivity contribution is 0.365. The summed E-state index contributed by atoms with van der Waals surface area (Å²) in [5, 5.41) is 6.59. The smallest absolute Gasteiger partial charge is 0.244 e. The highest BCUT2D eigenvalue weighted by Crippen LogP contribution is 2.20. The van der Waals surface area contributed by atoms with Gasteiger partial charge in [-0.1, -0.05) is 20.8 Å². The van der Waals surface area contributed by atoms with E-state index in [9.17, 15) is 8.42 Å². The largest absolute Gasteiger partial charge is 0.281 e. The van der Waals surface area contributed by atoms with Gasteiger partial charge in [0.05, 0.1) is 11.4 Å². The third kappa shape index (κ3) is 4.10. The molecule has 0 aliphatic rings. The third-order valence-electron chi connectivity index (χ3n) is 2.72. The normalized spacial score (nSPS) is 12.9. The van der Waals surface area contributed by atoms with Gasteiger partial charge in [-0.05, 0) is 32.1 Å². The first kappa shape index (κ1) is 15.2. The molecule has 0 aliphatic heterocycles. The number of nitrogens with one attached hydrogen (secondary N) is 2. The second-order valence-corrected chi connectivity index (χ2v) is 7.53. The van der Waals surface area contributed by atoms with Gasteiger partial charge in [0.15, 0.2) is 0 Å². The Labute approximate surface area is 109 Å². The molecule has 0 aromatic carbocycles. The van der Waals surface area contributed by atoms with Crippen LogP contribution >= 0.6 is 0 Å². The van der Waals surface area contributed by atoms with Crippen LogP contribution in [0.25, 0.3) is 0 Å². The molecule has 0 unspecified atom stereocenters. The molecule has 0 radical (unpaired) electrons. The van der Waals surface area contributed by atoms with E-state index >= 15 is 0 Å². The molecule has 1 aromatic rings. The fourth-order valence-electron chi connectivity index (χ4n) is 1.83. The van der Waals surface area contributed by atoms with Crippen molar-refractivity contribution >= 4 is 10.0 Å². The standard InChI is InChI=1S/C12H23N3O2S/c1-9-11(10(2)15-14-9)18(16,17)13-8-6-7-12(3,4)5/h13H,6-8H2,1-5H3,(H,14,15). The summed E-state index contributed by atoms with van der Waals surface area (Å²) >= 11 is 0. The number of nitrogens with zero attached hydrogens (tertiary/aromatic N) is 1. The summed E-state index contributed by atoms with van der Waals surface area (Å²) in [6.45, 7) is 10.3. The topological polar surface area (TPSA) is 74.8 Å². The van der Waals surface area contributed by atoms with Crippen molar-refractivity contribution in [2.75, 3.05) is 6.54 Å². The van der Waals surface area contributed by atoms with E-state index in [-0.39, 0.29) is 10.3 Å². The van der Waals surface area contributed by atoms with Crippen LogP contribution in [0.3, 0.4) is 0 Å². The number of aromatic nitrogens is 2. The number of hydrogen-bond acceptors (Lipinski definition) is 3. The lowest BCUT2D eigenvalue weighted by Crippen LogP contribution is -2.26. The van der Waals surface area contributed by atoms with Gasteiger partial charge >= 0.3 is 0 Å². The fraction of sp³-hybridized carbons (Fsp3) is 0.750. The van der Waals surface area contributed by atoms with Gasteiger partial charge in [-0.3, -0.25) is 5.10 Å². The number of H-pyrrole nitrogens is 1. The lowest BCUT2D eigenvalue weighted by atomic mass is 9.91. The predicted molar refractivity (Wildman–Crippen MR) is 71.9 cm³/mol. The second kappa shape index (κ2) is 5.40. The molecule has 0 bridgehead atoms. The van der Waals surface area contributed by atoms with Gasteiger partial charge in [0, 0.05) is 6.54 Å². The van der Waals surface area contributed by atoms with Crippen molar-refractivity contribution in [1.82, 2.24) is 14.9 Å². The molecule has 0 amide bonds. The average molecular weight is 273 g/mol. The van der Waals surface area contributed by atoms with E-state index in [1.165, 1.54) is 0 Å². The fourth-order valence-corrected chi connectivity index (χ4v) is 3.27. The Bertz CT molecular complexity index is 478. The zero-order chi connectivity index (χ0) is 14.0. The van der Waals surface area contributed by atoms with Crippen LogP contribution in [-0.4, -0.2) is 25.2 Å². The monoisotopic (exact) mass is 273 g/mol. The van der Waals surface area contributed by atoms with Crippen LogP contribution in [0.1, 0.15) is 45.0 Å². The van der Waals surface area contributed by atoms with Crippen LogP contribution in [0.2, 0.25) is 0 Å². The van der Waals surface area contributed by atoms with Gasteiger partial charge in [-0.2, -0.15) is 5.10 Å². The van der Waals surface area contributed by atoms with Crippen molar-refractivity contribution in [3.8, 4) is 0 Å². The maximum absolute atomic E-state index is 12.1. The summed E-state index contributed by atoms with van der Waals surface area (Å²) in [7, 11) is -3.44. The molecule has 0 saturated carbocycles. The molecule has 0 atom stereocenters. The summed E-state index contributed by atoms with van der Waals surface area (Å²) in [6.07, 6.45) is 1.82. The molecule has 0 fully saturated rings. The van der Waals surface area contributed by atoms with E-state index in [2.05, 4.69) is 35.7 Å². The minimum Gasteiger partial charge on any atom is -0.281 e. The number of hydrogen-bond donors (Lipinski definition) is 2. The van der Waals surface area contributed by atoms with E-state index < -0.39 is 10.0 Å². The summed E-state index contributed by atoms with van der Waals surface area (Å²) < 4.78 is 26.8. The maximum Gasteiger partial charge on any atom is 0.244 e. The first-order valence-corrected chi connectivity index (χ1v) is 7.63. The van der Waals surface area contributed by atoms with Crippen LogP contribution in [0.4, 0.5) is 0 Å². The molecule has 1 heterocycles. The quantitative estimate of drug-likeness (QED) is 0.807. The Kier molecular flexibility index (Phi) is 4.55. The van der Waals surface area contributed by atoms with Crippen LogP contribution in [-0.2, 0) is 10.0 Å². The summed E-state index contributed by atoms with van der Waals surface area (Å²) in [5.41, 5.74) is 1.32. The first-order valence-electron chi connectivity index (χ1n) is 6.15. The van der Waals surface area contributed by atoms with Crippen molar-refractivity contribution in [3.05, 3.63) is 11.4 Å². The molecule has 1 rings (SSSR count). The van der Waals surface area contributed by atoms with E-state index in [4.69, 9.17) is 0 Å². The van der Waals surface area contributed by atoms with Gasteiger partial charge < -0.3 is 0 Å². The Morgan fingerprint density at radius 1 is 1.28 bits per heavy atom. The highest BCUT2D eigenvalue weighted by Gasteiger charge is 2.21. The molecular formula is C12H23N3O2S. The van der Waals surface area contributed by atoms with Gasteiger partial charge in [0.25, 0.3) is 0 Å². The molecule has 2 N–H and O–H groups in total. The minimum absolute atomic E-state index is 0.229. The Morgan fingerprint density at radius 3 is 2.33 bits per heavy atom. The van der Waals surface area contributed by atoms with Gasteiger partial charge in [0.2, 0.25) is 10.0 Å². The molecule has 5 nitrogen and oxygen atoms in total. The van der Waals surface area contributed by atoms with Gasteiger partial charge in [-0.25, -0.2) is 13.1 Å². The molecule has 0 spiro atoms. The SMILES string of the molecule is Cc1n[nH]c(C)c1S(=O)(=O)NCCCC(C)(C)C. The zero-order valence-corrected chi connectivity index (χ0v) is 12.6. The number of aryl methyl sites for hydroxylation is 2. The minimum atomic E-state index is -3.44. The van der Waals surface area contributed by atoms with Crippen molar-refractivity contribution in [2.45, 2.75) is 52.4 Å². The first-order chi connectivity index (χ1) is 8.13. The maximum atomic E-state index is 12.1. The van der Waals surface area contributed by atoms with Crippen molar-refractivity contribution in [2.24, 2.45) is 5.41 Å². The Hall–Kier alpha value is -0.880. The van der Waals surface area contributed by atoms with Crippen molar-refractivity contribution < 1.29 is 8.42 Å². The third-order valence-corrected chi connectivity index (χ3v) is 4.45. The molecule has 0 saturated heterocycles. The van der Waals surface area contributed by atoms with Crippen molar-refractivity contribution in [3.63, 3.8) is 0 Å². The number of sulfonamides is 1. The summed E-state index contributed by atoms with van der Waals surface area (Å²) in [5.74, 6) is 0. The van der Waals surface area contributed by atoms with E-state index in [1.807, 2.05) is 0 Å². The van der Waals surface area contributed by atoms with Crippen LogP contribution < -0.4 is 4.72 Å². The average Bonchev–Trinajstić information content (AvgIpc) is 2.52. The number of rotatable bonds is 5. The molecule has 18 heavy (non-hydrogen) atoms. The van der Waals surface area contributed by atoms with Crippen LogP contribution in [0, 0.1) is 19.3 Å². The van der Waals surface area contributed by atoms with Gasteiger partial charge in [0.1, 0.15) is 4.90 Å². The Morgan fingerprint density at radius 2 is 1.89 bits per heavy atom. The highest BCUT2D eigenvalue weighted by atomic mass is 32.2. The molecule has 104 valence electrons. The summed E-state index contributed by atoms with van der Waals surface area (Å²) in [4.78, 5) is 0.276. The van der Waals surface area contributed by atoms with Crippen LogP contribution in [0.15, 0.2) is 4.90 Å². The highest BCUT2D eigenvalue weighted by molar-refractivity contribution is 7.89. The predicted octanol–water partition coefficient (Wildman–Crippen LogP) is 2.13. The number of aromatic amines is 1. The second-order valence-electron chi connectivity index (χ2n) is 5.83. The van der Waals surface area contributed by atoms with E-state index in [0.29, 0.717) is 17.9 Å². The van der Waals surface area contributed by atoms with E-state index in [1.54, 1.807) is 13.8 Å². The van der Waals surface area contributed by atoms with Gasteiger partial charge in [-0.15, -0.1) is 0 Å².